The van der Waals surface area contributed by atoms with Crippen molar-refractivity contribution in [3.63, 3.8) is 0 Å². The van der Waals surface area contributed by atoms with E-state index in [0.29, 0.717) is 12.1 Å². The molecule has 0 bridgehead atoms. The van der Waals surface area contributed by atoms with Crippen LogP contribution in [0.2, 0.25) is 0 Å². The predicted octanol–water partition coefficient (Wildman–Crippen LogP) is 3.64. The van der Waals surface area contributed by atoms with E-state index in [4.69, 9.17) is 0 Å². The molecule has 1 aromatic carbocycles. The van der Waals surface area contributed by atoms with E-state index in [1.54, 1.807) is 4.90 Å². The van der Waals surface area contributed by atoms with Gasteiger partial charge in [-0.05, 0) is 25.5 Å². The van der Waals surface area contributed by atoms with Gasteiger partial charge in [0.2, 0.25) is 0 Å². The Hall–Kier alpha value is -1.91. The molecule has 20 heavy (non-hydrogen) atoms. The van der Waals surface area contributed by atoms with Crippen LogP contribution in [0.5, 0.6) is 0 Å². The number of nitro benzene ring substituents is 1. The molecule has 0 aliphatic rings. The van der Waals surface area contributed by atoms with Crippen molar-refractivity contribution in [3.8, 4) is 0 Å². The smallest absolute Gasteiger partial charge is 0.269 e. The van der Waals surface area contributed by atoms with Gasteiger partial charge in [0.05, 0.1) is 4.92 Å². The van der Waals surface area contributed by atoms with Gasteiger partial charge < -0.3 is 4.90 Å². The van der Waals surface area contributed by atoms with E-state index in [-0.39, 0.29) is 11.6 Å². The molecule has 0 radical (unpaired) electrons. The minimum atomic E-state index is -0.462. The van der Waals surface area contributed by atoms with Gasteiger partial charge in [0.25, 0.3) is 11.6 Å². The maximum atomic E-state index is 12.3. The summed E-state index contributed by atoms with van der Waals surface area (Å²) in [6.45, 7) is 5.50. The monoisotopic (exact) mass is 278 g/mol. The summed E-state index contributed by atoms with van der Waals surface area (Å²) in [6.07, 6.45) is 4.48. The first-order valence-corrected chi connectivity index (χ1v) is 7.13. The summed E-state index contributed by atoms with van der Waals surface area (Å²) in [6, 6.07) is 5.79. The van der Waals surface area contributed by atoms with E-state index in [9.17, 15) is 14.9 Å². The number of non-ortho nitro benzene ring substituents is 1. The van der Waals surface area contributed by atoms with Crippen LogP contribution < -0.4 is 0 Å². The highest BCUT2D eigenvalue weighted by Crippen LogP contribution is 2.14. The van der Waals surface area contributed by atoms with Gasteiger partial charge in [-0.2, -0.15) is 0 Å². The SMILES string of the molecule is CCCCCCN(CC)C(=O)c1ccc([N+](=O)[O-])cc1. The highest BCUT2D eigenvalue weighted by Gasteiger charge is 2.15. The summed E-state index contributed by atoms with van der Waals surface area (Å²) in [7, 11) is 0. The van der Waals surface area contributed by atoms with E-state index in [0.717, 1.165) is 19.4 Å². The van der Waals surface area contributed by atoms with Crippen molar-refractivity contribution in [1.82, 2.24) is 4.90 Å². The van der Waals surface area contributed by atoms with Crippen LogP contribution in [0.25, 0.3) is 0 Å². The van der Waals surface area contributed by atoms with Crippen LogP contribution in [0.15, 0.2) is 24.3 Å². The molecule has 5 heteroatoms. The van der Waals surface area contributed by atoms with Crippen LogP contribution in [0, 0.1) is 10.1 Å². The van der Waals surface area contributed by atoms with Gasteiger partial charge in [-0.3, -0.25) is 14.9 Å². The fourth-order valence-corrected chi connectivity index (χ4v) is 2.04. The number of amides is 1. The van der Waals surface area contributed by atoms with Crippen molar-refractivity contribution in [2.24, 2.45) is 0 Å². The molecule has 0 heterocycles. The van der Waals surface area contributed by atoms with Crippen LogP contribution in [0.1, 0.15) is 49.9 Å². The molecule has 0 aliphatic heterocycles. The van der Waals surface area contributed by atoms with Crippen molar-refractivity contribution in [3.05, 3.63) is 39.9 Å². The second-order valence-corrected chi connectivity index (χ2v) is 4.75. The lowest BCUT2D eigenvalue weighted by atomic mass is 10.1. The van der Waals surface area contributed by atoms with Crippen LogP contribution >= 0.6 is 0 Å². The second-order valence-electron chi connectivity index (χ2n) is 4.75. The summed E-state index contributed by atoms with van der Waals surface area (Å²) in [4.78, 5) is 24.2. The Morgan fingerprint density at radius 2 is 1.80 bits per heavy atom. The molecular formula is C15H22N2O3. The maximum absolute atomic E-state index is 12.3. The molecule has 0 fully saturated rings. The molecule has 1 amide bonds. The van der Waals surface area contributed by atoms with Gasteiger partial charge >= 0.3 is 0 Å². The van der Waals surface area contributed by atoms with Crippen molar-refractivity contribution in [2.45, 2.75) is 39.5 Å². The molecule has 0 saturated carbocycles. The summed E-state index contributed by atoms with van der Waals surface area (Å²) in [5.74, 6) is -0.0566. The molecule has 0 aromatic heterocycles. The third-order valence-electron chi connectivity index (χ3n) is 3.28. The number of carbonyl (C=O) groups excluding carboxylic acids is 1. The second kappa shape index (κ2) is 8.30. The number of nitrogens with zero attached hydrogens (tertiary/aromatic N) is 2. The molecule has 1 aromatic rings. The van der Waals surface area contributed by atoms with E-state index < -0.39 is 4.92 Å². The Balaban J connectivity index is 2.63. The zero-order valence-corrected chi connectivity index (χ0v) is 12.2. The molecule has 0 N–H and O–H groups in total. The standard InChI is InChI=1S/C15H22N2O3/c1-3-5-6-7-12-16(4-2)15(18)13-8-10-14(11-9-13)17(19)20/h8-11H,3-7,12H2,1-2H3. The third kappa shape index (κ3) is 4.64. The van der Waals surface area contributed by atoms with Gasteiger partial charge in [-0.15, -0.1) is 0 Å². The van der Waals surface area contributed by atoms with Crippen molar-refractivity contribution >= 4 is 11.6 Å². The largest absolute Gasteiger partial charge is 0.339 e. The minimum Gasteiger partial charge on any atom is -0.339 e. The molecular weight excluding hydrogens is 256 g/mol. The Bertz CT molecular complexity index is 443. The third-order valence-corrected chi connectivity index (χ3v) is 3.28. The number of hydrogen-bond donors (Lipinski definition) is 0. The predicted molar refractivity (Wildman–Crippen MR) is 78.8 cm³/mol. The van der Waals surface area contributed by atoms with Crippen LogP contribution in [-0.4, -0.2) is 28.8 Å². The van der Waals surface area contributed by atoms with Gasteiger partial charge in [0.15, 0.2) is 0 Å². The molecule has 110 valence electrons. The quantitative estimate of drug-likeness (QED) is 0.414. The molecule has 1 rings (SSSR count). The molecule has 5 nitrogen and oxygen atoms in total. The fourth-order valence-electron chi connectivity index (χ4n) is 2.04. The lowest BCUT2D eigenvalue weighted by molar-refractivity contribution is -0.384. The number of rotatable bonds is 8. The Labute approximate surface area is 119 Å². The summed E-state index contributed by atoms with van der Waals surface area (Å²) < 4.78 is 0. The first-order valence-electron chi connectivity index (χ1n) is 7.13. The maximum Gasteiger partial charge on any atom is 0.269 e. The van der Waals surface area contributed by atoms with E-state index in [1.165, 1.54) is 37.1 Å². The Morgan fingerprint density at radius 1 is 1.15 bits per heavy atom. The zero-order chi connectivity index (χ0) is 15.0. The highest BCUT2D eigenvalue weighted by atomic mass is 16.6. The number of unbranched alkanes of at least 4 members (excludes halogenated alkanes) is 3. The lowest BCUT2D eigenvalue weighted by Gasteiger charge is -2.20. The van der Waals surface area contributed by atoms with Crippen molar-refractivity contribution in [1.29, 1.82) is 0 Å². The van der Waals surface area contributed by atoms with E-state index in [2.05, 4.69) is 6.92 Å². The number of carbonyl (C=O) groups is 1. The first-order chi connectivity index (χ1) is 9.60. The van der Waals surface area contributed by atoms with Gasteiger partial charge in [-0.1, -0.05) is 26.2 Å². The summed E-state index contributed by atoms with van der Waals surface area (Å²) in [5, 5.41) is 10.6. The fraction of sp³-hybridized carbons (Fsp3) is 0.533. The highest BCUT2D eigenvalue weighted by molar-refractivity contribution is 5.94. The molecule has 0 unspecified atom stereocenters. The van der Waals surface area contributed by atoms with Crippen LogP contribution in [0.3, 0.4) is 0 Å². The number of benzene rings is 1. The minimum absolute atomic E-state index is 0.00699. The van der Waals surface area contributed by atoms with E-state index in [1.807, 2.05) is 6.92 Å². The van der Waals surface area contributed by atoms with Crippen LogP contribution in [0.4, 0.5) is 5.69 Å². The lowest BCUT2D eigenvalue weighted by Crippen LogP contribution is -2.31. The molecule has 0 atom stereocenters. The summed E-state index contributed by atoms with van der Waals surface area (Å²) >= 11 is 0. The molecule has 0 aliphatic carbocycles. The van der Waals surface area contributed by atoms with Crippen molar-refractivity contribution < 1.29 is 9.72 Å². The average Bonchev–Trinajstić information content (AvgIpc) is 2.47. The average molecular weight is 278 g/mol. The van der Waals surface area contributed by atoms with Crippen molar-refractivity contribution in [2.75, 3.05) is 13.1 Å². The van der Waals surface area contributed by atoms with Crippen LogP contribution in [-0.2, 0) is 0 Å². The topological polar surface area (TPSA) is 63.5 Å². The Morgan fingerprint density at radius 3 is 2.30 bits per heavy atom. The summed E-state index contributed by atoms with van der Waals surface area (Å²) in [5.41, 5.74) is 0.514. The first kappa shape index (κ1) is 16.1. The van der Waals surface area contributed by atoms with Gasteiger partial charge in [-0.25, -0.2) is 0 Å². The molecule has 0 spiro atoms. The number of hydrogen-bond acceptors (Lipinski definition) is 3. The molecule has 0 saturated heterocycles. The van der Waals surface area contributed by atoms with E-state index >= 15 is 0 Å². The Kier molecular flexibility index (Phi) is 6.70. The van der Waals surface area contributed by atoms with Gasteiger partial charge in [0, 0.05) is 30.8 Å². The number of nitro groups is 1. The zero-order valence-electron chi connectivity index (χ0n) is 12.2. The van der Waals surface area contributed by atoms with Gasteiger partial charge in [0.1, 0.15) is 0 Å². The normalized spacial score (nSPS) is 10.3.